The monoisotopic (exact) mass is 296 g/mol. The summed E-state index contributed by atoms with van der Waals surface area (Å²) >= 11 is 0. The number of piperazine rings is 1. The Balaban J connectivity index is 1.79. The third kappa shape index (κ3) is 3.28. The standard InChI is InChI=1S/C18H20N2O2/c21-18(22)20-10-9-19-13-17(20)12-14-5-4-8-16(11-14)15-6-2-1-3-7-15/h1-8,11,17,19H,9-10,12-13H2,(H,21,22). The van der Waals surface area contributed by atoms with Crippen LogP contribution in [0.1, 0.15) is 5.56 Å². The van der Waals surface area contributed by atoms with E-state index in [1.54, 1.807) is 4.90 Å². The maximum Gasteiger partial charge on any atom is 0.407 e. The molecule has 0 radical (unpaired) electrons. The van der Waals surface area contributed by atoms with E-state index in [0.29, 0.717) is 13.1 Å². The number of nitrogens with zero attached hydrogens (tertiary/aromatic N) is 1. The number of nitrogens with one attached hydrogen (secondary N) is 1. The van der Waals surface area contributed by atoms with E-state index in [4.69, 9.17) is 0 Å². The summed E-state index contributed by atoms with van der Waals surface area (Å²) in [6.45, 7) is 1.99. The van der Waals surface area contributed by atoms with Crippen LogP contribution in [0.25, 0.3) is 11.1 Å². The highest BCUT2D eigenvalue weighted by Crippen LogP contribution is 2.21. The van der Waals surface area contributed by atoms with Crippen molar-refractivity contribution < 1.29 is 9.90 Å². The van der Waals surface area contributed by atoms with Crippen molar-refractivity contribution in [3.8, 4) is 11.1 Å². The van der Waals surface area contributed by atoms with E-state index in [2.05, 4.69) is 35.6 Å². The zero-order chi connectivity index (χ0) is 15.4. The minimum Gasteiger partial charge on any atom is -0.465 e. The highest BCUT2D eigenvalue weighted by molar-refractivity contribution is 5.66. The summed E-state index contributed by atoms with van der Waals surface area (Å²) in [6, 6.07) is 18.6. The van der Waals surface area contributed by atoms with Crippen molar-refractivity contribution in [1.29, 1.82) is 0 Å². The van der Waals surface area contributed by atoms with Crippen molar-refractivity contribution in [2.45, 2.75) is 12.5 Å². The maximum atomic E-state index is 11.3. The van der Waals surface area contributed by atoms with Crippen LogP contribution in [0.2, 0.25) is 0 Å². The van der Waals surface area contributed by atoms with Crippen LogP contribution in [0.15, 0.2) is 54.6 Å². The maximum absolute atomic E-state index is 11.3. The van der Waals surface area contributed by atoms with Crippen LogP contribution >= 0.6 is 0 Å². The highest BCUT2D eigenvalue weighted by atomic mass is 16.4. The number of carbonyl (C=O) groups is 1. The van der Waals surface area contributed by atoms with Gasteiger partial charge in [0, 0.05) is 19.6 Å². The third-order valence-electron chi connectivity index (χ3n) is 4.10. The largest absolute Gasteiger partial charge is 0.465 e. The van der Waals surface area contributed by atoms with Crippen LogP contribution in [0.4, 0.5) is 4.79 Å². The molecule has 22 heavy (non-hydrogen) atoms. The summed E-state index contributed by atoms with van der Waals surface area (Å²) in [5.74, 6) is 0. The van der Waals surface area contributed by atoms with E-state index < -0.39 is 6.09 Å². The first-order valence-corrected chi connectivity index (χ1v) is 7.58. The van der Waals surface area contributed by atoms with Crippen LogP contribution in [-0.4, -0.2) is 41.8 Å². The molecular weight excluding hydrogens is 276 g/mol. The predicted octanol–water partition coefficient (Wildman–Crippen LogP) is 2.85. The molecule has 1 heterocycles. The number of hydrogen-bond acceptors (Lipinski definition) is 2. The van der Waals surface area contributed by atoms with Gasteiger partial charge < -0.3 is 15.3 Å². The summed E-state index contributed by atoms with van der Waals surface area (Å²) in [7, 11) is 0. The molecule has 0 saturated carbocycles. The van der Waals surface area contributed by atoms with Gasteiger partial charge in [-0.1, -0.05) is 54.6 Å². The molecule has 0 bridgehead atoms. The van der Waals surface area contributed by atoms with Crippen LogP contribution in [-0.2, 0) is 6.42 Å². The van der Waals surface area contributed by atoms with Gasteiger partial charge in [-0.05, 0) is 23.1 Å². The Morgan fingerprint density at radius 1 is 1.14 bits per heavy atom. The van der Waals surface area contributed by atoms with Crippen molar-refractivity contribution in [2.24, 2.45) is 0 Å². The molecule has 1 atom stereocenters. The molecule has 4 nitrogen and oxygen atoms in total. The third-order valence-corrected chi connectivity index (χ3v) is 4.10. The lowest BCUT2D eigenvalue weighted by atomic mass is 9.98. The van der Waals surface area contributed by atoms with Gasteiger partial charge in [0.15, 0.2) is 0 Å². The molecule has 1 amide bonds. The second-order valence-corrected chi connectivity index (χ2v) is 5.60. The Morgan fingerprint density at radius 2 is 1.91 bits per heavy atom. The van der Waals surface area contributed by atoms with E-state index in [0.717, 1.165) is 13.0 Å². The molecule has 0 aromatic heterocycles. The van der Waals surface area contributed by atoms with E-state index in [-0.39, 0.29) is 6.04 Å². The lowest BCUT2D eigenvalue weighted by Crippen LogP contribution is -2.54. The number of amides is 1. The number of carboxylic acid groups (broad SMARTS) is 1. The van der Waals surface area contributed by atoms with Crippen molar-refractivity contribution in [3.63, 3.8) is 0 Å². The molecule has 114 valence electrons. The molecular formula is C18H20N2O2. The van der Waals surface area contributed by atoms with Crippen LogP contribution < -0.4 is 5.32 Å². The highest BCUT2D eigenvalue weighted by Gasteiger charge is 2.26. The molecule has 2 aromatic carbocycles. The first-order valence-electron chi connectivity index (χ1n) is 7.58. The van der Waals surface area contributed by atoms with Gasteiger partial charge in [0.25, 0.3) is 0 Å². The first kappa shape index (κ1) is 14.6. The van der Waals surface area contributed by atoms with Gasteiger partial charge in [0.05, 0.1) is 6.04 Å². The zero-order valence-corrected chi connectivity index (χ0v) is 12.4. The van der Waals surface area contributed by atoms with Crippen molar-refractivity contribution in [1.82, 2.24) is 10.2 Å². The molecule has 0 aliphatic carbocycles. The smallest absolute Gasteiger partial charge is 0.407 e. The molecule has 3 rings (SSSR count). The molecule has 2 aromatic rings. The van der Waals surface area contributed by atoms with Gasteiger partial charge >= 0.3 is 6.09 Å². The van der Waals surface area contributed by atoms with Crippen molar-refractivity contribution >= 4 is 6.09 Å². The summed E-state index contributed by atoms with van der Waals surface area (Å²) in [6.07, 6.45) is -0.0920. The van der Waals surface area contributed by atoms with E-state index in [1.807, 2.05) is 24.3 Å². The molecule has 1 saturated heterocycles. The van der Waals surface area contributed by atoms with E-state index >= 15 is 0 Å². The fraction of sp³-hybridized carbons (Fsp3) is 0.278. The zero-order valence-electron chi connectivity index (χ0n) is 12.4. The average molecular weight is 296 g/mol. The Kier molecular flexibility index (Phi) is 4.39. The van der Waals surface area contributed by atoms with Gasteiger partial charge in [-0.2, -0.15) is 0 Å². The molecule has 0 spiro atoms. The molecule has 1 fully saturated rings. The number of rotatable bonds is 3. The molecule has 1 unspecified atom stereocenters. The summed E-state index contributed by atoms with van der Waals surface area (Å²) < 4.78 is 0. The summed E-state index contributed by atoms with van der Waals surface area (Å²) in [5, 5.41) is 12.6. The average Bonchev–Trinajstić information content (AvgIpc) is 2.56. The van der Waals surface area contributed by atoms with Gasteiger partial charge in [-0.15, -0.1) is 0 Å². The topological polar surface area (TPSA) is 52.6 Å². The van der Waals surface area contributed by atoms with Crippen LogP contribution in [0, 0.1) is 0 Å². The second kappa shape index (κ2) is 6.62. The Morgan fingerprint density at radius 3 is 2.68 bits per heavy atom. The first-order chi connectivity index (χ1) is 10.7. The summed E-state index contributed by atoms with van der Waals surface area (Å²) in [4.78, 5) is 12.9. The van der Waals surface area contributed by atoms with Gasteiger partial charge in [-0.3, -0.25) is 0 Å². The lowest BCUT2D eigenvalue weighted by Gasteiger charge is -2.34. The van der Waals surface area contributed by atoms with Crippen molar-refractivity contribution in [2.75, 3.05) is 19.6 Å². The van der Waals surface area contributed by atoms with Gasteiger partial charge in [-0.25, -0.2) is 4.79 Å². The second-order valence-electron chi connectivity index (χ2n) is 5.60. The number of hydrogen-bond donors (Lipinski definition) is 2. The van der Waals surface area contributed by atoms with Gasteiger partial charge in [0.1, 0.15) is 0 Å². The summed E-state index contributed by atoms with van der Waals surface area (Å²) in [5.41, 5.74) is 3.52. The Hall–Kier alpha value is -2.33. The van der Waals surface area contributed by atoms with Crippen molar-refractivity contribution in [3.05, 3.63) is 60.2 Å². The molecule has 1 aliphatic rings. The van der Waals surface area contributed by atoms with Gasteiger partial charge in [0.2, 0.25) is 0 Å². The minimum atomic E-state index is -0.828. The predicted molar refractivity (Wildman–Crippen MR) is 87.0 cm³/mol. The van der Waals surface area contributed by atoms with Crippen LogP contribution in [0.5, 0.6) is 0 Å². The Labute approximate surface area is 130 Å². The van der Waals surface area contributed by atoms with E-state index in [1.165, 1.54) is 16.7 Å². The lowest BCUT2D eigenvalue weighted by molar-refractivity contribution is 0.112. The molecule has 2 N–H and O–H groups in total. The quantitative estimate of drug-likeness (QED) is 0.915. The fourth-order valence-electron chi connectivity index (χ4n) is 2.98. The fourth-order valence-corrected chi connectivity index (χ4v) is 2.98. The normalized spacial score (nSPS) is 18.2. The van der Waals surface area contributed by atoms with E-state index in [9.17, 15) is 9.90 Å². The SMILES string of the molecule is O=C(O)N1CCNCC1Cc1cccc(-c2ccccc2)c1. The number of benzene rings is 2. The van der Waals surface area contributed by atoms with Crippen LogP contribution in [0.3, 0.4) is 0 Å². The molecule has 4 heteroatoms. The molecule has 1 aliphatic heterocycles. The Bertz CT molecular complexity index is 643. The minimum absolute atomic E-state index is 0.00252.